The fourth-order valence-electron chi connectivity index (χ4n) is 7.86. The number of fused-ring (bicyclic) bond motifs is 4. The van der Waals surface area contributed by atoms with Gasteiger partial charge in [0.05, 0.1) is 29.7 Å². The van der Waals surface area contributed by atoms with Crippen LogP contribution in [-0.2, 0) is 10.8 Å². The first kappa shape index (κ1) is 25.7. The molecule has 0 spiro atoms. The Morgan fingerprint density at radius 1 is 0.634 bits per heavy atom. The van der Waals surface area contributed by atoms with E-state index in [9.17, 15) is 0 Å². The Morgan fingerprint density at radius 3 is 1.83 bits per heavy atom. The van der Waals surface area contributed by atoms with Crippen molar-refractivity contribution in [3.05, 3.63) is 132 Å². The molecule has 0 amide bonds. The van der Waals surface area contributed by atoms with Gasteiger partial charge < -0.3 is 14.5 Å². The summed E-state index contributed by atoms with van der Waals surface area (Å²) in [5.74, 6) is 1.14. The molecular formula is C38H38N2O. The molecule has 2 aliphatic heterocycles. The Hall–Kier alpha value is -4.24. The standard InChI is InChI=1S/C38H38N2O/c1-36(2)29-15-7-10-18-32(29)39(33-19-11-8-16-30(33)36)26-23-27(25-28(24-26)41-6)40-34-20-12-9-17-31(34)37(3,4)35-21-13-14-22-38(35,40)5/h7-25,35H,1-6H3. The highest BCUT2D eigenvalue weighted by Crippen LogP contribution is 2.57. The first-order valence-electron chi connectivity index (χ1n) is 14.6. The summed E-state index contributed by atoms with van der Waals surface area (Å²) in [6, 6.07) is 33.2. The van der Waals surface area contributed by atoms with Crippen molar-refractivity contribution in [1.29, 1.82) is 0 Å². The van der Waals surface area contributed by atoms with Crippen molar-refractivity contribution in [1.82, 2.24) is 0 Å². The summed E-state index contributed by atoms with van der Waals surface area (Å²) in [4.78, 5) is 4.95. The molecule has 2 unspecified atom stereocenters. The van der Waals surface area contributed by atoms with Crippen LogP contribution in [0.25, 0.3) is 0 Å². The van der Waals surface area contributed by atoms with E-state index in [1.807, 2.05) is 0 Å². The molecule has 3 nitrogen and oxygen atoms in total. The van der Waals surface area contributed by atoms with E-state index in [1.165, 1.54) is 33.8 Å². The van der Waals surface area contributed by atoms with Crippen LogP contribution >= 0.6 is 0 Å². The number of anilines is 5. The van der Waals surface area contributed by atoms with Crippen LogP contribution in [0.2, 0.25) is 0 Å². The minimum Gasteiger partial charge on any atom is -0.497 e. The topological polar surface area (TPSA) is 15.7 Å². The molecule has 7 rings (SSSR count). The predicted molar refractivity (Wildman–Crippen MR) is 172 cm³/mol. The fraction of sp³-hybridized carbons (Fsp3) is 0.263. The highest BCUT2D eigenvalue weighted by atomic mass is 16.5. The van der Waals surface area contributed by atoms with Crippen LogP contribution in [0.4, 0.5) is 28.4 Å². The molecule has 0 N–H and O–H groups in total. The highest BCUT2D eigenvalue weighted by Gasteiger charge is 2.52. The van der Waals surface area contributed by atoms with Gasteiger partial charge in [-0.2, -0.15) is 0 Å². The third-order valence-electron chi connectivity index (χ3n) is 9.84. The van der Waals surface area contributed by atoms with Crippen LogP contribution in [0.3, 0.4) is 0 Å². The third-order valence-corrected chi connectivity index (χ3v) is 9.84. The Kier molecular flexibility index (Phi) is 5.57. The van der Waals surface area contributed by atoms with Gasteiger partial charge in [-0.25, -0.2) is 0 Å². The van der Waals surface area contributed by atoms with Crippen LogP contribution in [0.5, 0.6) is 5.75 Å². The average Bonchev–Trinajstić information content (AvgIpc) is 2.97. The summed E-state index contributed by atoms with van der Waals surface area (Å²) in [5.41, 5.74) is 9.49. The normalized spacial score (nSPS) is 22.8. The van der Waals surface area contributed by atoms with Gasteiger partial charge in [0, 0.05) is 40.3 Å². The zero-order valence-corrected chi connectivity index (χ0v) is 24.8. The highest BCUT2D eigenvalue weighted by molar-refractivity contribution is 5.88. The maximum atomic E-state index is 6.01. The predicted octanol–water partition coefficient (Wildman–Crippen LogP) is 9.73. The smallest absolute Gasteiger partial charge is 0.123 e. The van der Waals surface area contributed by atoms with Gasteiger partial charge in [-0.1, -0.05) is 107 Å². The lowest BCUT2D eigenvalue weighted by Gasteiger charge is -2.57. The molecule has 0 aromatic heterocycles. The number of rotatable bonds is 3. The second-order valence-electron chi connectivity index (χ2n) is 12.9. The number of hydrogen-bond donors (Lipinski definition) is 0. The van der Waals surface area contributed by atoms with Crippen LogP contribution < -0.4 is 14.5 Å². The number of benzene rings is 4. The van der Waals surface area contributed by atoms with Crippen molar-refractivity contribution >= 4 is 28.4 Å². The van der Waals surface area contributed by atoms with Gasteiger partial charge in [0.25, 0.3) is 0 Å². The molecule has 41 heavy (non-hydrogen) atoms. The quantitative estimate of drug-likeness (QED) is 0.258. The van der Waals surface area contributed by atoms with Crippen molar-refractivity contribution in [2.75, 3.05) is 16.9 Å². The summed E-state index contributed by atoms with van der Waals surface area (Å²) in [6.45, 7) is 11.8. The lowest BCUT2D eigenvalue weighted by Crippen LogP contribution is -2.58. The lowest BCUT2D eigenvalue weighted by atomic mass is 9.60. The van der Waals surface area contributed by atoms with Crippen molar-refractivity contribution in [3.8, 4) is 5.75 Å². The first-order valence-corrected chi connectivity index (χ1v) is 14.6. The maximum Gasteiger partial charge on any atom is 0.123 e. The SMILES string of the molecule is COc1cc(N2c3ccccc3C(C)(C)c3ccccc32)cc(N2c3ccccc3C(C)(C)C3C=CC=CC32C)c1. The largest absolute Gasteiger partial charge is 0.497 e. The fourth-order valence-corrected chi connectivity index (χ4v) is 7.86. The van der Waals surface area contributed by atoms with Gasteiger partial charge in [-0.05, 0) is 47.9 Å². The van der Waals surface area contributed by atoms with Gasteiger partial charge in [0.1, 0.15) is 5.75 Å². The van der Waals surface area contributed by atoms with E-state index in [0.717, 1.165) is 17.1 Å². The molecule has 3 heteroatoms. The zero-order chi connectivity index (χ0) is 28.6. The summed E-state index contributed by atoms with van der Waals surface area (Å²) in [6.07, 6.45) is 9.18. The number of hydrogen-bond acceptors (Lipinski definition) is 3. The van der Waals surface area contributed by atoms with Crippen molar-refractivity contribution < 1.29 is 4.74 Å². The Morgan fingerprint density at radius 2 is 1.20 bits per heavy atom. The molecule has 206 valence electrons. The van der Waals surface area contributed by atoms with Crippen LogP contribution in [0, 0.1) is 5.92 Å². The Labute approximate surface area is 244 Å². The zero-order valence-electron chi connectivity index (χ0n) is 24.8. The number of para-hydroxylation sites is 3. The molecule has 0 bridgehead atoms. The molecular weight excluding hydrogens is 500 g/mol. The monoisotopic (exact) mass is 538 g/mol. The maximum absolute atomic E-state index is 6.01. The molecule has 2 heterocycles. The van der Waals surface area contributed by atoms with Gasteiger partial charge in [0.2, 0.25) is 0 Å². The van der Waals surface area contributed by atoms with E-state index in [-0.39, 0.29) is 16.4 Å². The molecule has 1 aliphatic carbocycles. The number of ether oxygens (including phenoxy) is 1. The molecule has 0 fully saturated rings. The Balaban J connectivity index is 1.49. The van der Waals surface area contributed by atoms with E-state index in [4.69, 9.17) is 4.74 Å². The summed E-state index contributed by atoms with van der Waals surface area (Å²) in [5, 5.41) is 0. The van der Waals surface area contributed by atoms with E-state index in [0.29, 0.717) is 5.92 Å². The number of nitrogens with zero attached hydrogens (tertiary/aromatic N) is 2. The van der Waals surface area contributed by atoms with Gasteiger partial charge in [-0.15, -0.1) is 0 Å². The van der Waals surface area contributed by atoms with E-state index >= 15 is 0 Å². The minimum absolute atomic E-state index is 0.0267. The molecule has 4 aromatic rings. The second kappa shape index (κ2) is 8.88. The molecule has 0 saturated heterocycles. The van der Waals surface area contributed by atoms with Crippen molar-refractivity contribution in [2.45, 2.75) is 51.0 Å². The van der Waals surface area contributed by atoms with Gasteiger partial charge in [0.15, 0.2) is 0 Å². The van der Waals surface area contributed by atoms with Crippen molar-refractivity contribution in [2.24, 2.45) is 5.92 Å². The van der Waals surface area contributed by atoms with E-state index < -0.39 is 0 Å². The van der Waals surface area contributed by atoms with Crippen LogP contribution in [-0.4, -0.2) is 12.6 Å². The Bertz CT molecular complexity index is 1680. The average molecular weight is 539 g/mol. The van der Waals surface area contributed by atoms with Gasteiger partial charge in [-0.3, -0.25) is 0 Å². The number of allylic oxidation sites excluding steroid dienone is 2. The third kappa shape index (κ3) is 3.58. The van der Waals surface area contributed by atoms with Crippen molar-refractivity contribution in [3.63, 3.8) is 0 Å². The summed E-state index contributed by atoms with van der Waals surface area (Å²) in [7, 11) is 1.77. The van der Waals surface area contributed by atoms with E-state index in [2.05, 4.69) is 160 Å². The van der Waals surface area contributed by atoms with E-state index in [1.54, 1.807) is 7.11 Å². The molecule has 3 aliphatic rings. The minimum atomic E-state index is -0.254. The molecule has 2 atom stereocenters. The summed E-state index contributed by atoms with van der Waals surface area (Å²) < 4.78 is 6.01. The van der Waals surface area contributed by atoms with Gasteiger partial charge >= 0.3 is 0 Å². The second-order valence-corrected chi connectivity index (χ2v) is 12.9. The van der Waals surface area contributed by atoms with Crippen LogP contribution in [0.15, 0.2) is 115 Å². The molecule has 4 aromatic carbocycles. The molecule has 0 radical (unpaired) electrons. The molecule has 0 saturated carbocycles. The summed E-state index contributed by atoms with van der Waals surface area (Å²) >= 11 is 0. The van der Waals surface area contributed by atoms with Crippen LogP contribution in [0.1, 0.15) is 51.3 Å². The first-order chi connectivity index (χ1) is 19.7. The number of methoxy groups -OCH3 is 1. The lowest BCUT2D eigenvalue weighted by molar-refractivity contribution is 0.260.